The zero-order valence-corrected chi connectivity index (χ0v) is 6.45. The van der Waals surface area contributed by atoms with E-state index in [0.29, 0.717) is 13.2 Å². The van der Waals surface area contributed by atoms with Crippen LogP contribution in [-0.2, 0) is 14.3 Å². The summed E-state index contributed by atoms with van der Waals surface area (Å²) in [5.41, 5.74) is 4.78. The molecule has 12 heavy (non-hydrogen) atoms. The highest BCUT2D eigenvalue weighted by Crippen LogP contribution is 2.05. The zero-order chi connectivity index (χ0) is 8.97. The second-order valence-electron chi connectivity index (χ2n) is 2.44. The van der Waals surface area contributed by atoms with Crippen molar-refractivity contribution < 1.29 is 14.3 Å². The molecule has 1 atom stereocenters. The van der Waals surface area contributed by atoms with E-state index in [1.165, 1.54) is 0 Å². The summed E-state index contributed by atoms with van der Waals surface area (Å²) < 4.78 is 4.85. The molecule has 1 saturated heterocycles. The summed E-state index contributed by atoms with van der Waals surface area (Å²) in [7, 11) is 0. The molecule has 0 aromatic rings. The molecule has 1 fully saturated rings. The minimum Gasteiger partial charge on any atom is -0.371 e. The molecule has 0 aromatic heterocycles. The van der Waals surface area contributed by atoms with Crippen LogP contribution in [0.5, 0.6) is 0 Å². The number of nitrogens with two attached hydrogens (primary N) is 1. The number of ether oxygens (including phenoxy) is 1. The molecular weight excluding hydrogens is 160 g/mol. The molecule has 5 nitrogen and oxygen atoms in total. The van der Waals surface area contributed by atoms with Crippen LogP contribution < -0.4 is 11.1 Å². The van der Waals surface area contributed by atoms with Gasteiger partial charge < -0.3 is 15.8 Å². The van der Waals surface area contributed by atoms with Crippen molar-refractivity contribution in [2.24, 2.45) is 5.73 Å². The van der Waals surface area contributed by atoms with E-state index in [9.17, 15) is 9.59 Å². The monoisotopic (exact) mass is 170 g/mol. The van der Waals surface area contributed by atoms with E-state index in [1.54, 1.807) is 0 Å². The van der Waals surface area contributed by atoms with Crippen LogP contribution in [-0.4, -0.2) is 31.1 Å². The number of amides is 2. The van der Waals surface area contributed by atoms with Gasteiger partial charge in [0.25, 0.3) is 0 Å². The average Bonchev–Trinajstić information content (AvgIpc) is 2.80. The van der Waals surface area contributed by atoms with Gasteiger partial charge in [-0.1, -0.05) is 0 Å². The molecule has 0 saturated carbocycles. The molecule has 66 valence electrons. The Morgan fingerprint density at radius 2 is 2.25 bits per heavy atom. The molecule has 0 aliphatic carbocycles. The highest BCUT2D eigenvalue weighted by Gasteiger charge is 2.22. The van der Waals surface area contributed by atoms with Crippen molar-refractivity contribution in [2.45, 2.75) is 6.10 Å². The molecule has 1 rings (SSSR count). The number of carbonyl (C=O) groups is 2. The van der Waals surface area contributed by atoms with E-state index in [4.69, 9.17) is 10.5 Å². The van der Waals surface area contributed by atoms with Crippen LogP contribution in [0.25, 0.3) is 0 Å². The maximum atomic E-state index is 10.8. The number of carbonyl (C=O) groups excluding carboxylic acids is 2. The molecule has 1 aliphatic heterocycles. The van der Waals surface area contributed by atoms with Gasteiger partial charge in [-0.15, -0.1) is 0 Å². The van der Waals surface area contributed by atoms with Crippen molar-refractivity contribution in [1.82, 2.24) is 5.32 Å². The van der Waals surface area contributed by atoms with Crippen molar-refractivity contribution in [3.8, 4) is 0 Å². The largest absolute Gasteiger partial charge is 0.371 e. The molecule has 0 spiro atoms. The van der Waals surface area contributed by atoms with E-state index >= 15 is 0 Å². The topological polar surface area (TPSA) is 84.7 Å². The lowest BCUT2D eigenvalue weighted by atomic mass is 10.4. The van der Waals surface area contributed by atoms with Crippen LogP contribution in [0.1, 0.15) is 0 Å². The Morgan fingerprint density at radius 3 is 2.75 bits per heavy atom. The first-order chi connectivity index (χ1) is 5.68. The van der Waals surface area contributed by atoms with E-state index in [-0.39, 0.29) is 12.0 Å². The molecule has 2 amide bonds. The molecular formula is C7H10N2O3. The number of rotatable bonds is 4. The SMILES string of the molecule is NC(=O)/C=C\C(=O)NCC1CO1. The summed E-state index contributed by atoms with van der Waals surface area (Å²) in [5.74, 6) is -0.961. The summed E-state index contributed by atoms with van der Waals surface area (Å²) in [4.78, 5) is 21.0. The number of primary amides is 1. The highest BCUT2D eigenvalue weighted by molar-refractivity contribution is 5.95. The Hall–Kier alpha value is -1.36. The van der Waals surface area contributed by atoms with Crippen molar-refractivity contribution in [3.05, 3.63) is 12.2 Å². The zero-order valence-electron chi connectivity index (χ0n) is 6.45. The Balaban J connectivity index is 2.13. The lowest BCUT2D eigenvalue weighted by Crippen LogP contribution is -2.25. The minimum atomic E-state index is -0.632. The molecule has 1 unspecified atom stereocenters. The van der Waals surface area contributed by atoms with Gasteiger partial charge in [-0.25, -0.2) is 0 Å². The highest BCUT2D eigenvalue weighted by atomic mass is 16.6. The van der Waals surface area contributed by atoms with Crippen LogP contribution in [0, 0.1) is 0 Å². The van der Waals surface area contributed by atoms with Gasteiger partial charge in [-0.3, -0.25) is 9.59 Å². The first kappa shape index (κ1) is 8.73. The average molecular weight is 170 g/mol. The molecule has 5 heteroatoms. The van der Waals surface area contributed by atoms with Crippen LogP contribution in [0.2, 0.25) is 0 Å². The van der Waals surface area contributed by atoms with E-state index in [1.807, 2.05) is 0 Å². The first-order valence-corrected chi connectivity index (χ1v) is 3.55. The lowest BCUT2D eigenvalue weighted by Gasteiger charge is -1.95. The van der Waals surface area contributed by atoms with Crippen LogP contribution in [0.3, 0.4) is 0 Å². The Kier molecular flexibility index (Phi) is 2.82. The molecule has 0 radical (unpaired) electrons. The Labute approximate surface area is 69.6 Å². The molecule has 1 heterocycles. The quantitative estimate of drug-likeness (QED) is 0.399. The van der Waals surface area contributed by atoms with Crippen molar-refractivity contribution >= 4 is 11.8 Å². The maximum absolute atomic E-state index is 10.8. The third kappa shape index (κ3) is 3.72. The lowest BCUT2D eigenvalue weighted by molar-refractivity contribution is -0.117. The van der Waals surface area contributed by atoms with E-state index in [0.717, 1.165) is 12.2 Å². The minimum absolute atomic E-state index is 0.149. The van der Waals surface area contributed by atoms with Crippen molar-refractivity contribution in [1.29, 1.82) is 0 Å². The van der Waals surface area contributed by atoms with E-state index < -0.39 is 5.91 Å². The summed E-state index contributed by atoms with van der Waals surface area (Å²) >= 11 is 0. The maximum Gasteiger partial charge on any atom is 0.244 e. The van der Waals surface area contributed by atoms with E-state index in [2.05, 4.69) is 5.32 Å². The Bertz CT molecular complexity index is 221. The second kappa shape index (κ2) is 3.87. The van der Waals surface area contributed by atoms with Crippen molar-refractivity contribution in [3.63, 3.8) is 0 Å². The Morgan fingerprint density at radius 1 is 1.58 bits per heavy atom. The van der Waals surface area contributed by atoms with Crippen LogP contribution >= 0.6 is 0 Å². The van der Waals surface area contributed by atoms with Gasteiger partial charge in [0.2, 0.25) is 11.8 Å². The number of epoxide rings is 1. The predicted octanol–water partition coefficient (Wildman–Crippen LogP) is -1.46. The fourth-order valence-electron chi connectivity index (χ4n) is 0.617. The third-order valence-corrected chi connectivity index (χ3v) is 1.31. The van der Waals surface area contributed by atoms with Gasteiger partial charge in [0.05, 0.1) is 12.7 Å². The first-order valence-electron chi connectivity index (χ1n) is 3.55. The number of hydrogen-bond acceptors (Lipinski definition) is 3. The van der Waals surface area contributed by atoms with Crippen LogP contribution in [0.4, 0.5) is 0 Å². The predicted molar refractivity (Wildman–Crippen MR) is 41.1 cm³/mol. The third-order valence-electron chi connectivity index (χ3n) is 1.31. The summed E-state index contributed by atoms with van der Waals surface area (Å²) in [6, 6.07) is 0. The molecule has 3 N–H and O–H groups in total. The van der Waals surface area contributed by atoms with Gasteiger partial charge in [0.15, 0.2) is 0 Å². The number of hydrogen-bond donors (Lipinski definition) is 2. The smallest absolute Gasteiger partial charge is 0.244 e. The number of nitrogens with one attached hydrogen (secondary N) is 1. The second-order valence-corrected chi connectivity index (χ2v) is 2.44. The van der Waals surface area contributed by atoms with Gasteiger partial charge in [0, 0.05) is 18.7 Å². The van der Waals surface area contributed by atoms with Crippen LogP contribution in [0.15, 0.2) is 12.2 Å². The summed E-state index contributed by atoms with van der Waals surface area (Å²) in [6.45, 7) is 1.18. The fraction of sp³-hybridized carbons (Fsp3) is 0.429. The summed E-state index contributed by atoms with van der Waals surface area (Å²) in [5, 5.41) is 2.54. The van der Waals surface area contributed by atoms with Gasteiger partial charge in [-0.2, -0.15) is 0 Å². The molecule has 1 aliphatic rings. The molecule has 0 bridgehead atoms. The fourth-order valence-corrected chi connectivity index (χ4v) is 0.617. The standard InChI is InChI=1S/C7H10N2O3/c8-6(10)1-2-7(11)9-3-5-4-12-5/h1-2,5H,3-4H2,(H2,8,10)(H,9,11)/b2-1-. The summed E-state index contributed by atoms with van der Waals surface area (Å²) in [6.07, 6.45) is 2.27. The van der Waals surface area contributed by atoms with Crippen molar-refractivity contribution in [2.75, 3.05) is 13.2 Å². The van der Waals surface area contributed by atoms with Gasteiger partial charge in [-0.05, 0) is 0 Å². The van der Waals surface area contributed by atoms with Gasteiger partial charge >= 0.3 is 0 Å². The normalized spacial score (nSPS) is 20.8. The van der Waals surface area contributed by atoms with Gasteiger partial charge in [0.1, 0.15) is 0 Å². The molecule has 0 aromatic carbocycles.